The van der Waals surface area contributed by atoms with Crippen molar-refractivity contribution in [3.05, 3.63) is 97.2 Å². The predicted molar refractivity (Wildman–Crippen MR) is 357 cm³/mol. The van der Waals surface area contributed by atoms with Gasteiger partial charge in [0.2, 0.25) is 0 Å². The number of carbonyl (C=O) groups is 3. The van der Waals surface area contributed by atoms with Crippen LogP contribution < -0.4 is 0 Å². The molecular weight excluding hydrogens is 1010 g/mol. The van der Waals surface area contributed by atoms with Crippen molar-refractivity contribution in [2.75, 3.05) is 13.2 Å². The number of carbonyl (C=O) groups excluding carboxylic acids is 3. The number of esters is 3. The Labute approximate surface area is 508 Å². The normalized spacial score (nSPS) is 12.7. The van der Waals surface area contributed by atoms with Crippen molar-refractivity contribution in [2.24, 2.45) is 0 Å². The lowest BCUT2D eigenvalue weighted by Crippen LogP contribution is -2.30. The first-order valence-corrected chi connectivity index (χ1v) is 35.2. The van der Waals surface area contributed by atoms with Gasteiger partial charge in [-0.15, -0.1) is 0 Å². The zero-order valence-corrected chi connectivity index (χ0v) is 54.2. The second-order valence-electron chi connectivity index (χ2n) is 23.4. The summed E-state index contributed by atoms with van der Waals surface area (Å²) in [5.74, 6) is -0.915. The fourth-order valence-electron chi connectivity index (χ4n) is 10.1. The average molecular weight is 1140 g/mol. The highest BCUT2D eigenvalue weighted by Crippen LogP contribution is 2.18. The maximum Gasteiger partial charge on any atom is 0.306 e. The van der Waals surface area contributed by atoms with Gasteiger partial charge in [-0.05, 0) is 96.3 Å². The maximum absolute atomic E-state index is 12.9. The standard InChI is InChI=1S/C76H132O6/c1-4-7-10-13-16-19-22-25-28-30-32-34-36-37-38-39-41-42-44-46-48-51-54-57-60-63-66-69-75(78)81-72-73(71-80-74(77)68-65-62-59-56-53-50-27-24-21-18-15-12-9-6-3)82-76(79)70-67-64-61-58-55-52-49-47-45-43-40-35-33-31-29-26-23-20-17-14-11-8-5-2/h8,11,15,17-18,20,24,26-27,29,33,35,43,45,49,52,73H,4-7,9-10,12-14,16,19,21-23,25,28,30-32,34,36-42,44,46-48,50-51,53-72H2,1-3H3/b11-8-,18-15-,20-17-,27-24-,29-26-,35-33-,45-43-,52-49-. The lowest BCUT2D eigenvalue weighted by Gasteiger charge is -2.18. The molecule has 0 aromatic heterocycles. The summed E-state index contributed by atoms with van der Waals surface area (Å²) in [5.41, 5.74) is 0. The van der Waals surface area contributed by atoms with Crippen LogP contribution in [0.2, 0.25) is 0 Å². The molecule has 0 aliphatic carbocycles. The molecule has 1 atom stereocenters. The Morgan fingerprint density at radius 2 is 0.488 bits per heavy atom. The first-order valence-electron chi connectivity index (χ1n) is 35.2. The molecule has 0 amide bonds. The number of ether oxygens (including phenoxy) is 3. The minimum atomic E-state index is -0.799. The van der Waals surface area contributed by atoms with Crippen LogP contribution in [0.1, 0.15) is 348 Å². The van der Waals surface area contributed by atoms with Gasteiger partial charge in [0.25, 0.3) is 0 Å². The van der Waals surface area contributed by atoms with E-state index in [1.54, 1.807) is 0 Å². The molecule has 0 aliphatic heterocycles. The van der Waals surface area contributed by atoms with Gasteiger partial charge in [0.1, 0.15) is 13.2 Å². The van der Waals surface area contributed by atoms with Gasteiger partial charge in [-0.25, -0.2) is 0 Å². The molecule has 0 aromatic carbocycles. The van der Waals surface area contributed by atoms with Gasteiger partial charge in [-0.2, -0.15) is 0 Å². The molecule has 0 spiro atoms. The SMILES string of the molecule is CC/C=C\C/C=C\C/C=C\C/C=C\C/C=C\C/C=C\CCCCCCC(=O)OC(COC(=O)CCCCCCC/C=C\C/C=C\CCCC)COC(=O)CCCCCCCCCCCCCCCCCCCCCCCCCCCCC. The third kappa shape index (κ3) is 67.1. The first kappa shape index (κ1) is 78.3. The lowest BCUT2D eigenvalue weighted by atomic mass is 10.0. The fourth-order valence-corrected chi connectivity index (χ4v) is 10.1. The monoisotopic (exact) mass is 1140 g/mol. The Bertz CT molecular complexity index is 1590. The zero-order chi connectivity index (χ0) is 59.2. The van der Waals surface area contributed by atoms with Crippen molar-refractivity contribution in [3.8, 4) is 0 Å². The van der Waals surface area contributed by atoms with E-state index in [2.05, 4.69) is 118 Å². The van der Waals surface area contributed by atoms with Crippen LogP contribution in [0.15, 0.2) is 97.2 Å². The number of hydrogen-bond donors (Lipinski definition) is 0. The smallest absolute Gasteiger partial charge is 0.306 e. The summed E-state index contributed by atoms with van der Waals surface area (Å²) in [6.45, 7) is 6.50. The Morgan fingerprint density at radius 3 is 0.780 bits per heavy atom. The summed E-state index contributed by atoms with van der Waals surface area (Å²) in [7, 11) is 0. The molecule has 0 N–H and O–H groups in total. The van der Waals surface area contributed by atoms with Crippen LogP contribution in [0.25, 0.3) is 0 Å². The molecule has 0 aromatic rings. The van der Waals surface area contributed by atoms with Crippen LogP contribution in [0, 0.1) is 0 Å². The second kappa shape index (κ2) is 69.8. The van der Waals surface area contributed by atoms with Gasteiger partial charge in [0.15, 0.2) is 6.10 Å². The van der Waals surface area contributed by atoms with Gasteiger partial charge in [0.05, 0.1) is 0 Å². The lowest BCUT2D eigenvalue weighted by molar-refractivity contribution is -0.167. The van der Waals surface area contributed by atoms with Gasteiger partial charge in [0, 0.05) is 19.3 Å². The molecule has 472 valence electrons. The van der Waals surface area contributed by atoms with Gasteiger partial charge in [-0.1, -0.05) is 330 Å². The molecule has 0 heterocycles. The highest BCUT2D eigenvalue weighted by molar-refractivity contribution is 5.71. The van der Waals surface area contributed by atoms with E-state index in [9.17, 15) is 14.4 Å². The zero-order valence-electron chi connectivity index (χ0n) is 54.2. The molecule has 0 aliphatic rings. The molecular formula is C76H132O6. The van der Waals surface area contributed by atoms with E-state index in [-0.39, 0.29) is 31.1 Å². The van der Waals surface area contributed by atoms with Crippen molar-refractivity contribution in [1.82, 2.24) is 0 Å². The van der Waals surface area contributed by atoms with E-state index in [1.165, 1.54) is 173 Å². The summed E-state index contributed by atoms with van der Waals surface area (Å²) in [5, 5.41) is 0. The highest BCUT2D eigenvalue weighted by atomic mass is 16.6. The van der Waals surface area contributed by atoms with Crippen LogP contribution in [-0.2, 0) is 28.6 Å². The molecule has 0 rings (SSSR count). The quantitative estimate of drug-likeness (QED) is 0.0261. The van der Waals surface area contributed by atoms with E-state index in [0.29, 0.717) is 19.3 Å². The molecule has 0 radical (unpaired) electrons. The predicted octanol–water partition coefficient (Wildman–Crippen LogP) is 24.4. The van der Waals surface area contributed by atoms with E-state index in [1.807, 2.05) is 0 Å². The summed E-state index contributed by atoms with van der Waals surface area (Å²) in [4.78, 5) is 38.4. The van der Waals surface area contributed by atoms with E-state index in [0.717, 1.165) is 135 Å². The van der Waals surface area contributed by atoms with Crippen molar-refractivity contribution in [1.29, 1.82) is 0 Å². The molecule has 6 nitrogen and oxygen atoms in total. The topological polar surface area (TPSA) is 78.9 Å². The maximum atomic E-state index is 12.9. The summed E-state index contributed by atoms with van der Waals surface area (Å²) in [6.07, 6.45) is 94.4. The number of allylic oxidation sites excluding steroid dienone is 16. The molecule has 82 heavy (non-hydrogen) atoms. The van der Waals surface area contributed by atoms with E-state index in [4.69, 9.17) is 14.2 Å². The summed E-state index contributed by atoms with van der Waals surface area (Å²) < 4.78 is 16.9. The van der Waals surface area contributed by atoms with Gasteiger partial charge in [-0.3, -0.25) is 14.4 Å². The van der Waals surface area contributed by atoms with E-state index < -0.39 is 6.10 Å². The molecule has 0 fully saturated rings. The van der Waals surface area contributed by atoms with Crippen molar-refractivity contribution < 1.29 is 28.6 Å². The third-order valence-corrected chi connectivity index (χ3v) is 15.3. The van der Waals surface area contributed by atoms with E-state index >= 15 is 0 Å². The molecule has 0 bridgehead atoms. The van der Waals surface area contributed by atoms with Crippen molar-refractivity contribution in [3.63, 3.8) is 0 Å². The molecule has 1 unspecified atom stereocenters. The average Bonchev–Trinajstić information content (AvgIpc) is 3.47. The number of hydrogen-bond acceptors (Lipinski definition) is 6. The van der Waals surface area contributed by atoms with Crippen molar-refractivity contribution in [2.45, 2.75) is 354 Å². The Kier molecular flexibility index (Phi) is 66.7. The molecule has 0 saturated heterocycles. The highest BCUT2D eigenvalue weighted by Gasteiger charge is 2.19. The minimum absolute atomic E-state index is 0.0904. The summed E-state index contributed by atoms with van der Waals surface area (Å²) >= 11 is 0. The van der Waals surface area contributed by atoms with Crippen LogP contribution in [-0.4, -0.2) is 37.2 Å². The Hall–Kier alpha value is -3.67. The largest absolute Gasteiger partial charge is 0.462 e. The molecule has 6 heteroatoms. The fraction of sp³-hybridized carbons (Fsp3) is 0.750. The Morgan fingerprint density at radius 1 is 0.256 bits per heavy atom. The second-order valence-corrected chi connectivity index (χ2v) is 23.4. The number of rotatable bonds is 64. The number of unbranched alkanes of at least 4 members (excludes halogenated alkanes) is 37. The third-order valence-electron chi connectivity index (χ3n) is 15.3. The molecule has 0 saturated carbocycles. The Balaban J connectivity index is 4.32. The minimum Gasteiger partial charge on any atom is -0.462 e. The van der Waals surface area contributed by atoms with Crippen molar-refractivity contribution >= 4 is 17.9 Å². The van der Waals surface area contributed by atoms with Crippen LogP contribution in [0.5, 0.6) is 0 Å². The van der Waals surface area contributed by atoms with Crippen LogP contribution in [0.3, 0.4) is 0 Å². The van der Waals surface area contributed by atoms with Crippen LogP contribution >= 0.6 is 0 Å². The van der Waals surface area contributed by atoms with Crippen LogP contribution in [0.4, 0.5) is 0 Å². The first-order chi connectivity index (χ1) is 40.5. The van der Waals surface area contributed by atoms with Gasteiger partial charge >= 0.3 is 17.9 Å². The summed E-state index contributed by atoms with van der Waals surface area (Å²) in [6, 6.07) is 0. The van der Waals surface area contributed by atoms with Gasteiger partial charge < -0.3 is 14.2 Å².